The van der Waals surface area contributed by atoms with Crippen molar-refractivity contribution < 1.29 is 9.90 Å². The molecular weight excluding hydrogens is 408 g/mol. The summed E-state index contributed by atoms with van der Waals surface area (Å²) in [5, 5.41) is 14.5. The summed E-state index contributed by atoms with van der Waals surface area (Å²) in [6.07, 6.45) is 6.12. The molecule has 2 aromatic carbocycles. The highest BCUT2D eigenvalue weighted by atomic mass is 32.1. The standard InChI is InChI=1S/C21H19N3S.C3H7NO2/c1-2-4-18(3-1)24-20(11-12-23-24)16-7-5-15(6-8-16)17-9-10-19-21(13-17)25-14-22-19;1-2-4-3(5)6/h5-14,18H,1-4H2;4H,2H2,1H3,(H,5,6). The molecule has 1 aliphatic carbocycles. The number of rotatable bonds is 4. The molecule has 0 unspecified atom stereocenters. The summed E-state index contributed by atoms with van der Waals surface area (Å²) >= 11 is 1.69. The van der Waals surface area contributed by atoms with E-state index in [9.17, 15) is 4.79 Å². The summed E-state index contributed by atoms with van der Waals surface area (Å²) in [6, 6.07) is 18.0. The third kappa shape index (κ3) is 4.94. The summed E-state index contributed by atoms with van der Waals surface area (Å²) < 4.78 is 3.46. The number of hydrogen-bond donors (Lipinski definition) is 2. The highest BCUT2D eigenvalue weighted by Crippen LogP contribution is 2.34. The maximum absolute atomic E-state index is 9.49. The van der Waals surface area contributed by atoms with Crippen LogP contribution in [-0.2, 0) is 0 Å². The molecule has 0 radical (unpaired) electrons. The third-order valence-corrected chi connectivity index (χ3v) is 6.31. The molecule has 2 heterocycles. The average Bonchev–Trinajstić information content (AvgIpc) is 3.55. The number of nitrogens with one attached hydrogen (secondary N) is 1. The molecule has 7 heteroatoms. The van der Waals surface area contributed by atoms with E-state index in [-0.39, 0.29) is 0 Å². The molecule has 160 valence electrons. The summed E-state index contributed by atoms with van der Waals surface area (Å²) in [7, 11) is 0. The fourth-order valence-corrected chi connectivity index (χ4v) is 4.72. The Morgan fingerprint density at radius 1 is 1.10 bits per heavy atom. The normalized spacial score (nSPS) is 13.7. The highest BCUT2D eigenvalue weighted by Gasteiger charge is 2.20. The first-order chi connectivity index (χ1) is 15.2. The SMILES string of the molecule is CCNC(=O)O.c1cc(-c2ccc(-c3ccc4ncsc4c3)cc2)n(C2CCCC2)n1. The Balaban J connectivity index is 0.000000342. The van der Waals surface area contributed by atoms with E-state index in [0.29, 0.717) is 12.6 Å². The van der Waals surface area contributed by atoms with Gasteiger partial charge < -0.3 is 10.4 Å². The molecule has 1 fully saturated rings. The van der Waals surface area contributed by atoms with Crippen LogP contribution in [0.2, 0.25) is 0 Å². The summed E-state index contributed by atoms with van der Waals surface area (Å²) in [6.45, 7) is 2.21. The van der Waals surface area contributed by atoms with Crippen LogP contribution in [0.25, 0.3) is 32.6 Å². The van der Waals surface area contributed by atoms with Crippen LogP contribution in [-0.4, -0.2) is 32.5 Å². The molecule has 0 saturated heterocycles. The minimum Gasteiger partial charge on any atom is -0.465 e. The highest BCUT2D eigenvalue weighted by molar-refractivity contribution is 7.16. The van der Waals surface area contributed by atoms with Crippen LogP contribution in [0, 0.1) is 0 Å². The number of aromatic nitrogens is 3. The smallest absolute Gasteiger partial charge is 0.404 e. The lowest BCUT2D eigenvalue weighted by atomic mass is 10.0. The van der Waals surface area contributed by atoms with Crippen LogP contribution in [0.15, 0.2) is 60.2 Å². The van der Waals surface area contributed by atoms with Gasteiger partial charge in [-0.3, -0.25) is 4.68 Å². The monoisotopic (exact) mass is 434 g/mol. The summed E-state index contributed by atoms with van der Waals surface area (Å²) in [5.41, 5.74) is 7.94. The van der Waals surface area contributed by atoms with Gasteiger partial charge in [-0.25, -0.2) is 9.78 Å². The van der Waals surface area contributed by atoms with Gasteiger partial charge in [-0.2, -0.15) is 5.10 Å². The lowest BCUT2D eigenvalue weighted by molar-refractivity contribution is 0.195. The van der Waals surface area contributed by atoms with E-state index in [4.69, 9.17) is 5.11 Å². The Bertz CT molecular complexity index is 1140. The van der Waals surface area contributed by atoms with Crippen LogP contribution < -0.4 is 5.32 Å². The first-order valence-corrected chi connectivity index (χ1v) is 11.5. The molecule has 2 N–H and O–H groups in total. The number of thiazole rings is 1. The maximum atomic E-state index is 9.49. The predicted octanol–water partition coefficient (Wildman–Crippen LogP) is 6.22. The van der Waals surface area contributed by atoms with Crippen LogP contribution in [0.3, 0.4) is 0 Å². The van der Waals surface area contributed by atoms with Gasteiger partial charge in [-0.05, 0) is 54.7 Å². The Morgan fingerprint density at radius 3 is 2.48 bits per heavy atom. The third-order valence-electron chi connectivity index (χ3n) is 5.51. The van der Waals surface area contributed by atoms with Crippen molar-refractivity contribution in [2.24, 2.45) is 0 Å². The van der Waals surface area contributed by atoms with E-state index >= 15 is 0 Å². The second-order valence-corrected chi connectivity index (χ2v) is 8.43. The zero-order valence-corrected chi connectivity index (χ0v) is 18.3. The molecule has 0 spiro atoms. The van der Waals surface area contributed by atoms with Crippen molar-refractivity contribution in [3.8, 4) is 22.4 Å². The predicted molar refractivity (Wildman–Crippen MR) is 125 cm³/mol. The van der Waals surface area contributed by atoms with E-state index in [2.05, 4.69) is 68.6 Å². The van der Waals surface area contributed by atoms with Gasteiger partial charge in [0.05, 0.1) is 27.5 Å². The van der Waals surface area contributed by atoms with Gasteiger partial charge in [0.1, 0.15) is 0 Å². The molecule has 6 nitrogen and oxygen atoms in total. The van der Waals surface area contributed by atoms with Gasteiger partial charge in [0.2, 0.25) is 0 Å². The zero-order valence-electron chi connectivity index (χ0n) is 17.5. The molecule has 4 aromatic rings. The van der Waals surface area contributed by atoms with Gasteiger partial charge in [0, 0.05) is 12.7 Å². The van der Waals surface area contributed by atoms with Crippen molar-refractivity contribution in [2.45, 2.75) is 38.6 Å². The largest absolute Gasteiger partial charge is 0.465 e. The number of nitrogens with zero attached hydrogens (tertiary/aromatic N) is 3. The Kier molecular flexibility index (Phi) is 6.62. The topological polar surface area (TPSA) is 80.0 Å². The fourth-order valence-electron chi connectivity index (χ4n) is 4.00. The fraction of sp³-hybridized carbons (Fsp3) is 0.292. The molecule has 0 bridgehead atoms. The van der Waals surface area contributed by atoms with E-state index in [1.807, 2.05) is 11.7 Å². The van der Waals surface area contributed by atoms with Crippen molar-refractivity contribution >= 4 is 27.6 Å². The number of carbonyl (C=O) groups is 1. The number of amides is 1. The molecule has 1 amide bonds. The molecule has 1 aliphatic rings. The van der Waals surface area contributed by atoms with Crippen LogP contribution in [0.1, 0.15) is 38.6 Å². The number of carboxylic acid groups (broad SMARTS) is 1. The van der Waals surface area contributed by atoms with Crippen LogP contribution in [0.5, 0.6) is 0 Å². The zero-order chi connectivity index (χ0) is 21.6. The first-order valence-electron chi connectivity index (χ1n) is 10.6. The number of fused-ring (bicyclic) bond motifs is 1. The second-order valence-electron chi connectivity index (χ2n) is 7.55. The number of benzene rings is 2. The van der Waals surface area contributed by atoms with Gasteiger partial charge in [-0.1, -0.05) is 43.2 Å². The van der Waals surface area contributed by atoms with Crippen LogP contribution >= 0.6 is 11.3 Å². The van der Waals surface area contributed by atoms with Crippen molar-refractivity contribution in [1.29, 1.82) is 0 Å². The summed E-state index contributed by atoms with van der Waals surface area (Å²) in [4.78, 5) is 13.8. The minimum absolute atomic E-state index is 0.481. The Labute approximate surface area is 185 Å². The maximum Gasteiger partial charge on any atom is 0.404 e. The molecule has 0 atom stereocenters. The quantitative estimate of drug-likeness (QED) is 0.400. The molecule has 0 aliphatic heterocycles. The Hall–Kier alpha value is -3.19. The molecule has 5 rings (SSSR count). The molecule has 1 saturated carbocycles. The minimum atomic E-state index is -0.961. The lowest BCUT2D eigenvalue weighted by Crippen LogP contribution is -2.19. The second kappa shape index (κ2) is 9.75. The van der Waals surface area contributed by atoms with E-state index in [0.717, 1.165) is 5.52 Å². The van der Waals surface area contributed by atoms with Gasteiger partial charge in [0.25, 0.3) is 0 Å². The van der Waals surface area contributed by atoms with Crippen molar-refractivity contribution in [2.75, 3.05) is 6.54 Å². The van der Waals surface area contributed by atoms with Crippen molar-refractivity contribution in [1.82, 2.24) is 20.1 Å². The van der Waals surface area contributed by atoms with Crippen molar-refractivity contribution in [3.05, 3.63) is 60.2 Å². The van der Waals surface area contributed by atoms with Crippen LogP contribution in [0.4, 0.5) is 4.79 Å². The molecule has 2 aromatic heterocycles. The van der Waals surface area contributed by atoms with Gasteiger partial charge in [-0.15, -0.1) is 11.3 Å². The Morgan fingerprint density at radius 2 is 1.81 bits per heavy atom. The van der Waals surface area contributed by atoms with Crippen molar-refractivity contribution in [3.63, 3.8) is 0 Å². The first kappa shape index (κ1) is 21.1. The lowest BCUT2D eigenvalue weighted by Gasteiger charge is -2.14. The molecule has 31 heavy (non-hydrogen) atoms. The average molecular weight is 435 g/mol. The van der Waals surface area contributed by atoms with E-state index < -0.39 is 6.09 Å². The van der Waals surface area contributed by atoms with E-state index in [1.165, 1.54) is 52.8 Å². The van der Waals surface area contributed by atoms with E-state index in [1.54, 1.807) is 18.3 Å². The van der Waals surface area contributed by atoms with Gasteiger partial charge in [0.15, 0.2) is 0 Å². The summed E-state index contributed by atoms with van der Waals surface area (Å²) in [5.74, 6) is 0. The van der Waals surface area contributed by atoms with Gasteiger partial charge >= 0.3 is 6.09 Å². The number of hydrogen-bond acceptors (Lipinski definition) is 4. The molecular formula is C24H26N4O2S.